The van der Waals surface area contributed by atoms with E-state index in [0.29, 0.717) is 13.0 Å². The Hall–Kier alpha value is -0.880. The topological polar surface area (TPSA) is 88.8 Å². The van der Waals surface area contributed by atoms with E-state index in [-0.39, 0.29) is 17.4 Å². The van der Waals surface area contributed by atoms with E-state index >= 15 is 0 Å². The zero-order valence-corrected chi connectivity index (χ0v) is 9.96. The van der Waals surface area contributed by atoms with E-state index in [1.807, 2.05) is 0 Å². The molecule has 1 aromatic heterocycles. The molecule has 2 heterocycles. The van der Waals surface area contributed by atoms with Crippen LogP contribution in [-0.4, -0.2) is 36.4 Å². The van der Waals surface area contributed by atoms with Crippen molar-refractivity contribution >= 4 is 9.84 Å². The highest BCUT2D eigenvalue weighted by molar-refractivity contribution is 7.91. The van der Waals surface area contributed by atoms with Gasteiger partial charge in [0.2, 0.25) is 0 Å². The second kappa shape index (κ2) is 4.55. The summed E-state index contributed by atoms with van der Waals surface area (Å²) in [5.74, 6) is 1.39. The molecule has 1 aliphatic rings. The van der Waals surface area contributed by atoms with Crippen molar-refractivity contribution in [3.8, 4) is 0 Å². The van der Waals surface area contributed by atoms with Gasteiger partial charge in [0, 0.05) is 17.8 Å². The largest absolute Gasteiger partial charge is 0.346 e. The summed E-state index contributed by atoms with van der Waals surface area (Å²) in [6, 6.07) is 0. The number of nitrogens with zero attached hydrogens (tertiary/aromatic N) is 1. The van der Waals surface area contributed by atoms with Gasteiger partial charge in [0.15, 0.2) is 9.84 Å². The van der Waals surface area contributed by atoms with Crippen molar-refractivity contribution in [2.45, 2.75) is 25.2 Å². The van der Waals surface area contributed by atoms with Crippen LogP contribution in [0.15, 0.2) is 6.20 Å². The maximum Gasteiger partial charge on any atom is 0.151 e. The fourth-order valence-corrected chi connectivity index (χ4v) is 3.76. The molecule has 0 spiro atoms. The minimum Gasteiger partial charge on any atom is -0.346 e. The number of nitrogens with two attached hydrogens (primary N) is 1. The third-order valence-corrected chi connectivity index (χ3v) is 4.69. The van der Waals surface area contributed by atoms with Crippen molar-refractivity contribution in [3.05, 3.63) is 17.7 Å². The maximum atomic E-state index is 11.3. The Bertz CT molecular complexity index is 452. The monoisotopic (exact) mass is 243 g/mol. The summed E-state index contributed by atoms with van der Waals surface area (Å²) < 4.78 is 22.7. The first kappa shape index (κ1) is 11.6. The number of hydrogen-bond acceptors (Lipinski definition) is 4. The van der Waals surface area contributed by atoms with Gasteiger partial charge in [-0.25, -0.2) is 13.4 Å². The molecule has 1 atom stereocenters. The Kier molecular flexibility index (Phi) is 3.30. The molecule has 0 amide bonds. The van der Waals surface area contributed by atoms with Crippen molar-refractivity contribution in [1.82, 2.24) is 9.97 Å². The number of imidazole rings is 1. The average molecular weight is 243 g/mol. The Labute approximate surface area is 95.4 Å². The third-order valence-electron chi connectivity index (χ3n) is 2.92. The molecule has 5 nitrogen and oxygen atoms in total. The molecule has 1 aliphatic heterocycles. The van der Waals surface area contributed by atoms with Crippen molar-refractivity contribution in [2.75, 3.05) is 18.1 Å². The second-order valence-corrected chi connectivity index (χ2v) is 6.51. The molecule has 6 heteroatoms. The van der Waals surface area contributed by atoms with Crippen LogP contribution in [0, 0.1) is 0 Å². The molecule has 0 aliphatic carbocycles. The van der Waals surface area contributed by atoms with Crippen LogP contribution in [0.1, 0.15) is 30.3 Å². The van der Waals surface area contributed by atoms with Gasteiger partial charge in [-0.3, -0.25) is 0 Å². The Balaban J connectivity index is 2.02. The highest BCUT2D eigenvalue weighted by atomic mass is 32.2. The van der Waals surface area contributed by atoms with E-state index in [2.05, 4.69) is 9.97 Å². The van der Waals surface area contributed by atoms with Gasteiger partial charge in [0.25, 0.3) is 0 Å². The number of nitrogens with one attached hydrogen (secondary N) is 1. The molecule has 0 bridgehead atoms. The molecule has 0 radical (unpaired) electrons. The summed E-state index contributed by atoms with van der Waals surface area (Å²) in [5.41, 5.74) is 6.47. The number of aromatic amines is 1. The lowest BCUT2D eigenvalue weighted by Crippen LogP contribution is -2.05. The predicted molar refractivity (Wildman–Crippen MR) is 62.0 cm³/mol. The van der Waals surface area contributed by atoms with Gasteiger partial charge in [-0.1, -0.05) is 0 Å². The second-order valence-electron chi connectivity index (χ2n) is 4.29. The standard InChI is InChI=1S/C10H17N3O2S/c11-4-1-2-9-6-12-10(13-9)8-3-5-16(14,15)7-8/h6,8H,1-5,7,11H2,(H,12,13). The van der Waals surface area contributed by atoms with Gasteiger partial charge >= 0.3 is 0 Å². The van der Waals surface area contributed by atoms with Gasteiger partial charge in [-0.2, -0.15) is 0 Å². The molecular formula is C10H17N3O2S. The number of sulfone groups is 1. The minimum atomic E-state index is -2.83. The number of H-pyrrole nitrogens is 1. The van der Waals surface area contributed by atoms with Gasteiger partial charge in [0.05, 0.1) is 11.5 Å². The van der Waals surface area contributed by atoms with Gasteiger partial charge in [-0.15, -0.1) is 0 Å². The summed E-state index contributed by atoms with van der Waals surface area (Å²) >= 11 is 0. The average Bonchev–Trinajstić information content (AvgIpc) is 2.81. The molecule has 1 saturated heterocycles. The molecule has 0 aromatic carbocycles. The van der Waals surface area contributed by atoms with Crippen LogP contribution >= 0.6 is 0 Å². The summed E-state index contributed by atoms with van der Waals surface area (Å²) in [7, 11) is -2.83. The summed E-state index contributed by atoms with van der Waals surface area (Å²) in [5, 5.41) is 0. The smallest absolute Gasteiger partial charge is 0.151 e. The van der Waals surface area contributed by atoms with E-state index in [1.54, 1.807) is 6.20 Å². The number of rotatable bonds is 4. The zero-order valence-electron chi connectivity index (χ0n) is 9.15. The van der Waals surface area contributed by atoms with Gasteiger partial charge in [-0.05, 0) is 25.8 Å². The molecule has 3 N–H and O–H groups in total. The molecule has 1 unspecified atom stereocenters. The molecule has 1 fully saturated rings. The minimum absolute atomic E-state index is 0.0524. The lowest BCUT2D eigenvalue weighted by molar-refractivity contribution is 0.601. The molecule has 1 aromatic rings. The maximum absolute atomic E-state index is 11.3. The van der Waals surface area contributed by atoms with Crippen LogP contribution in [0.2, 0.25) is 0 Å². The number of hydrogen-bond donors (Lipinski definition) is 2. The predicted octanol–water partition coefficient (Wildman–Crippen LogP) is 0.203. The first-order valence-corrected chi connectivity index (χ1v) is 7.37. The Morgan fingerprint density at radius 2 is 2.38 bits per heavy atom. The van der Waals surface area contributed by atoms with E-state index in [4.69, 9.17) is 5.73 Å². The number of aryl methyl sites for hydroxylation is 1. The van der Waals surface area contributed by atoms with Crippen LogP contribution in [0.25, 0.3) is 0 Å². The van der Waals surface area contributed by atoms with Crippen molar-refractivity contribution in [3.63, 3.8) is 0 Å². The van der Waals surface area contributed by atoms with E-state index < -0.39 is 9.84 Å². The molecule has 90 valence electrons. The van der Waals surface area contributed by atoms with Crippen LogP contribution in [-0.2, 0) is 16.3 Å². The summed E-state index contributed by atoms with van der Waals surface area (Å²) in [6.07, 6.45) is 4.27. The Morgan fingerprint density at radius 3 is 3.00 bits per heavy atom. The van der Waals surface area contributed by atoms with Crippen molar-refractivity contribution < 1.29 is 8.42 Å². The first-order valence-electron chi connectivity index (χ1n) is 5.55. The van der Waals surface area contributed by atoms with Crippen molar-refractivity contribution in [2.24, 2.45) is 5.73 Å². The van der Waals surface area contributed by atoms with Crippen LogP contribution in [0.4, 0.5) is 0 Å². The highest BCUT2D eigenvalue weighted by Crippen LogP contribution is 2.26. The molecule has 16 heavy (non-hydrogen) atoms. The molecule has 2 rings (SSSR count). The van der Waals surface area contributed by atoms with Crippen molar-refractivity contribution in [1.29, 1.82) is 0 Å². The van der Waals surface area contributed by atoms with Crippen LogP contribution in [0.3, 0.4) is 0 Å². The molecule has 0 saturated carbocycles. The van der Waals surface area contributed by atoms with Gasteiger partial charge < -0.3 is 10.7 Å². The normalized spacial score (nSPS) is 23.7. The van der Waals surface area contributed by atoms with Crippen LogP contribution in [0.5, 0.6) is 0 Å². The zero-order chi connectivity index (χ0) is 11.6. The number of aromatic nitrogens is 2. The van der Waals surface area contributed by atoms with E-state index in [1.165, 1.54) is 0 Å². The lowest BCUT2D eigenvalue weighted by Gasteiger charge is -2.02. The quantitative estimate of drug-likeness (QED) is 0.790. The third kappa shape index (κ3) is 2.62. The van der Waals surface area contributed by atoms with E-state index in [9.17, 15) is 8.42 Å². The fourth-order valence-electron chi connectivity index (χ4n) is 2.01. The highest BCUT2D eigenvalue weighted by Gasteiger charge is 2.30. The van der Waals surface area contributed by atoms with E-state index in [0.717, 1.165) is 24.4 Å². The van der Waals surface area contributed by atoms with Crippen LogP contribution < -0.4 is 5.73 Å². The lowest BCUT2D eigenvalue weighted by atomic mass is 10.1. The summed E-state index contributed by atoms with van der Waals surface area (Å²) in [6.45, 7) is 0.659. The SMILES string of the molecule is NCCCc1cnc(C2CCS(=O)(=O)C2)[nH]1. The fraction of sp³-hybridized carbons (Fsp3) is 0.700. The Morgan fingerprint density at radius 1 is 1.56 bits per heavy atom. The summed E-state index contributed by atoms with van der Waals surface area (Å²) in [4.78, 5) is 7.45. The van der Waals surface area contributed by atoms with Gasteiger partial charge in [0.1, 0.15) is 5.82 Å². The molecular weight excluding hydrogens is 226 g/mol. The first-order chi connectivity index (χ1) is 7.61.